The van der Waals surface area contributed by atoms with Crippen LogP contribution in [0.4, 0.5) is 46.9 Å². The van der Waals surface area contributed by atoms with Gasteiger partial charge in [0.05, 0.1) is 29.5 Å². The number of benzene rings is 6. The van der Waals surface area contributed by atoms with Crippen molar-refractivity contribution in [1.82, 2.24) is 29.4 Å². The average Bonchev–Trinajstić information content (AvgIpc) is 1.56. The van der Waals surface area contributed by atoms with Crippen LogP contribution in [0.5, 0.6) is 0 Å². The molecule has 4 saturated heterocycles. The molecule has 98 heavy (non-hydrogen) atoms. The molecule has 23 heteroatoms. The number of ether oxygens (including phenoxy) is 3. The molecular weight excluding hydrogens is 1270 g/mol. The average molecular weight is 1360 g/mol. The van der Waals surface area contributed by atoms with E-state index in [2.05, 4.69) is 32.6 Å². The van der Waals surface area contributed by atoms with E-state index in [1.807, 2.05) is 103 Å². The highest BCUT2D eigenvalue weighted by Gasteiger charge is 2.51. The first kappa shape index (κ1) is 70.9. The third-order valence-electron chi connectivity index (χ3n) is 20.5. The molecule has 2 atom stereocenters. The molecule has 4 aliphatic heterocycles. The van der Waals surface area contributed by atoms with Gasteiger partial charge in [0.15, 0.2) is 0 Å². The number of hydrogen-bond donors (Lipinski definition) is 2. The first-order chi connectivity index (χ1) is 47.0. The van der Waals surface area contributed by atoms with Crippen molar-refractivity contribution in [2.45, 2.75) is 119 Å². The molecule has 522 valence electrons. The van der Waals surface area contributed by atoms with E-state index < -0.39 is 64.6 Å². The lowest BCUT2D eigenvalue weighted by Gasteiger charge is -2.44. The van der Waals surface area contributed by atoms with Gasteiger partial charge in [-0.3, -0.25) is 24.5 Å². The van der Waals surface area contributed by atoms with Gasteiger partial charge in [-0.05, 0) is 160 Å². The van der Waals surface area contributed by atoms with Crippen LogP contribution in [0.25, 0.3) is 11.1 Å². The fourth-order valence-corrected chi connectivity index (χ4v) is 14.6. The lowest BCUT2D eigenvalue weighted by atomic mass is 9.72. The van der Waals surface area contributed by atoms with E-state index in [9.17, 15) is 54.7 Å². The Morgan fingerprint density at radius 2 is 1.30 bits per heavy atom. The first-order valence-electron chi connectivity index (χ1n) is 33.9. The van der Waals surface area contributed by atoms with Crippen molar-refractivity contribution in [2.24, 2.45) is 0 Å². The fraction of sp³-hybridized carbons (Fsp3) is 0.453. The number of alkyl halides is 6. The second-order valence-electron chi connectivity index (χ2n) is 26.6. The normalized spacial score (nSPS) is 19.3. The molecule has 0 aromatic heterocycles. The number of amides is 5. The van der Waals surface area contributed by atoms with Gasteiger partial charge in [0.25, 0.3) is 11.8 Å². The van der Waals surface area contributed by atoms with Crippen molar-refractivity contribution in [1.29, 1.82) is 0 Å². The molecule has 4 heterocycles. The Balaban J connectivity index is 0.574. The SMILES string of the molecule is CN(CCN1CCC(OC(=O)Nc2ccccc2-c2ccccc2)CC1)C(=O)CCCCCNc1ccc(C(=O)N2CCC(N(C)C(=O)CO[C@H]3Cc4ccccc4C34CCN(CC[C@@]3(c5ccc(F)cc5)CN(C(=O)c5cc(C(F)(F)F)cc(C(F)(F)F)c5)CO3)CC4)CC2)cc1. The number of anilines is 2. The number of hydrogen-bond acceptors (Lipinski definition) is 11. The number of halogens is 7. The molecule has 1 spiro atoms. The summed E-state index contributed by atoms with van der Waals surface area (Å²) in [6, 6.07) is 39.4. The minimum Gasteiger partial charge on any atom is -0.446 e. The highest BCUT2D eigenvalue weighted by molar-refractivity contribution is 5.96. The summed E-state index contributed by atoms with van der Waals surface area (Å²) in [4.78, 5) is 78.3. The van der Waals surface area contributed by atoms with Crippen molar-refractivity contribution < 1.29 is 68.9 Å². The quantitative estimate of drug-likeness (QED) is 0.0465. The lowest BCUT2D eigenvalue weighted by Crippen LogP contribution is -2.51. The molecule has 0 bridgehead atoms. The van der Waals surface area contributed by atoms with Gasteiger partial charge in [-0.1, -0.05) is 91.3 Å². The third kappa shape index (κ3) is 17.2. The van der Waals surface area contributed by atoms with Crippen LogP contribution in [0, 0.1) is 5.82 Å². The molecule has 6 aromatic carbocycles. The van der Waals surface area contributed by atoms with Crippen LogP contribution in [0.1, 0.15) is 119 Å². The zero-order valence-corrected chi connectivity index (χ0v) is 55.4. The third-order valence-corrected chi connectivity index (χ3v) is 20.5. The van der Waals surface area contributed by atoms with Gasteiger partial charge < -0.3 is 48.9 Å². The number of nitrogens with zero attached hydrogens (tertiary/aromatic N) is 6. The smallest absolute Gasteiger partial charge is 0.416 e. The Kier molecular flexibility index (Phi) is 22.6. The predicted molar refractivity (Wildman–Crippen MR) is 358 cm³/mol. The van der Waals surface area contributed by atoms with E-state index in [1.54, 1.807) is 16.8 Å². The molecule has 0 saturated carbocycles. The lowest BCUT2D eigenvalue weighted by molar-refractivity contribution is -0.143. The Bertz CT molecular complexity index is 3690. The van der Waals surface area contributed by atoms with Crippen LogP contribution >= 0.6 is 0 Å². The number of nitrogens with one attached hydrogen (secondary N) is 2. The Morgan fingerprint density at radius 3 is 1.99 bits per heavy atom. The molecular formula is C75H85F7N8O8. The van der Waals surface area contributed by atoms with Crippen LogP contribution in [0.3, 0.4) is 0 Å². The number of fused-ring (bicyclic) bond motifs is 2. The Morgan fingerprint density at radius 1 is 0.653 bits per heavy atom. The predicted octanol–water partition coefficient (Wildman–Crippen LogP) is 13.1. The Hall–Kier alpha value is -8.38. The minimum atomic E-state index is -5.15. The summed E-state index contributed by atoms with van der Waals surface area (Å²) in [5.74, 6) is -1.70. The number of carbonyl (C=O) groups is 5. The van der Waals surface area contributed by atoms with E-state index in [1.165, 1.54) is 29.8 Å². The number of para-hydroxylation sites is 1. The van der Waals surface area contributed by atoms with Gasteiger partial charge in [0.1, 0.15) is 30.9 Å². The number of likely N-dealkylation sites (N-methyl/N-ethyl adjacent to an activating group) is 2. The van der Waals surface area contributed by atoms with Gasteiger partial charge in [-0.15, -0.1) is 0 Å². The van der Waals surface area contributed by atoms with Crippen LogP contribution in [-0.4, -0.2) is 177 Å². The van der Waals surface area contributed by atoms with Crippen LogP contribution in [-0.2, 0) is 53.6 Å². The largest absolute Gasteiger partial charge is 0.446 e. The second kappa shape index (κ2) is 31.2. The molecule has 16 nitrogen and oxygen atoms in total. The van der Waals surface area contributed by atoms with Gasteiger partial charge in [-0.2, -0.15) is 26.3 Å². The molecule has 5 amide bonds. The highest BCUT2D eigenvalue weighted by Crippen LogP contribution is 2.49. The first-order valence-corrected chi connectivity index (χ1v) is 33.9. The zero-order valence-electron chi connectivity index (χ0n) is 55.4. The van der Waals surface area contributed by atoms with Crippen molar-refractivity contribution in [2.75, 3.05) is 110 Å². The number of likely N-dealkylation sites (tertiary alicyclic amines) is 3. The summed E-state index contributed by atoms with van der Waals surface area (Å²) >= 11 is 0. The topological polar surface area (TPSA) is 157 Å². The maximum atomic E-state index is 14.3. The van der Waals surface area contributed by atoms with Gasteiger partial charge in [0.2, 0.25) is 11.8 Å². The van der Waals surface area contributed by atoms with Crippen molar-refractivity contribution in [3.05, 3.63) is 190 Å². The second-order valence-corrected chi connectivity index (χ2v) is 26.6. The summed E-state index contributed by atoms with van der Waals surface area (Å²) < 4.78 is 116. The van der Waals surface area contributed by atoms with Crippen molar-refractivity contribution in [3.8, 4) is 11.1 Å². The molecule has 6 aromatic rings. The molecule has 1 aliphatic carbocycles. The maximum Gasteiger partial charge on any atom is 0.416 e. The van der Waals surface area contributed by atoms with E-state index in [0.717, 1.165) is 85.6 Å². The summed E-state index contributed by atoms with van der Waals surface area (Å²) in [5.41, 5.74) is 1.27. The van der Waals surface area contributed by atoms with Crippen LogP contribution in [0.15, 0.2) is 146 Å². The highest BCUT2D eigenvalue weighted by atomic mass is 19.4. The van der Waals surface area contributed by atoms with Gasteiger partial charge in [-0.25, -0.2) is 9.18 Å². The zero-order chi connectivity index (χ0) is 69.2. The summed E-state index contributed by atoms with van der Waals surface area (Å²) in [6.45, 7) is 5.54. The van der Waals surface area contributed by atoms with E-state index in [0.29, 0.717) is 107 Å². The standard InChI is InChI=1S/C75H85F7N8O8/c1-85(43-44-87-36-30-62(31-37-87)98-71(95)84-65-18-11-9-16-63(65)52-13-5-3-6-14-52)67(91)19-7-4-12-35-83-60-26-20-53(21-27-60)69(93)89-38-28-61(29-39-89)86(2)68(92)49-96-66-47-54-15-8-10-17-64(54)72(66)32-40-88(41-33-72)42-34-73(56-22-24-59(76)25-23-56)50-90(51-97-73)70(94)55-45-57(74(77,78)79)48-58(46-55)75(80,81)82/h3,5-6,8-11,13-18,20-27,45-46,48,61-62,66,83H,4,7,12,19,28-44,47,49-51H2,1-2H3,(H,84,95)/t66-,73-/m0/s1. The van der Waals surface area contributed by atoms with Crippen LogP contribution in [0.2, 0.25) is 0 Å². The number of rotatable bonds is 23. The Labute approximate surface area is 567 Å². The van der Waals surface area contributed by atoms with E-state index in [4.69, 9.17) is 14.2 Å². The van der Waals surface area contributed by atoms with Crippen LogP contribution < -0.4 is 10.6 Å². The van der Waals surface area contributed by atoms with E-state index in [-0.39, 0.29) is 61.6 Å². The molecule has 0 radical (unpaired) electrons. The van der Waals surface area contributed by atoms with Gasteiger partial charge >= 0.3 is 18.4 Å². The molecule has 11 rings (SSSR count). The minimum absolute atomic E-state index is 0.0259. The number of carbonyl (C=O) groups excluding carboxylic acids is 5. The summed E-state index contributed by atoms with van der Waals surface area (Å²) in [7, 11) is 3.64. The molecule has 0 unspecified atom stereocenters. The monoisotopic (exact) mass is 1360 g/mol. The van der Waals surface area contributed by atoms with Crippen molar-refractivity contribution in [3.63, 3.8) is 0 Å². The maximum absolute atomic E-state index is 14.3. The number of unbranched alkanes of at least 4 members (excludes halogenated alkanes) is 2. The summed E-state index contributed by atoms with van der Waals surface area (Å²) in [5, 5.41) is 6.37. The molecule has 4 fully saturated rings. The number of piperidine rings is 3. The van der Waals surface area contributed by atoms with Gasteiger partial charge in [0, 0.05) is 107 Å². The molecule has 5 aliphatic rings. The van der Waals surface area contributed by atoms with E-state index >= 15 is 0 Å². The molecule has 2 N–H and O–H groups in total. The fourth-order valence-electron chi connectivity index (χ4n) is 14.6. The summed E-state index contributed by atoms with van der Waals surface area (Å²) in [6.07, 6.45) is -3.29. The van der Waals surface area contributed by atoms with Crippen molar-refractivity contribution >= 4 is 41.1 Å².